The molecule has 0 N–H and O–H groups in total. The molecule has 1 aromatic heterocycles. The summed E-state index contributed by atoms with van der Waals surface area (Å²) in [7, 11) is 0. The first kappa shape index (κ1) is 11.4. The highest BCUT2D eigenvalue weighted by atomic mass is 32.2. The lowest BCUT2D eigenvalue weighted by atomic mass is 10.2. The minimum atomic E-state index is 0.133. The van der Waals surface area contributed by atoms with E-state index in [9.17, 15) is 4.79 Å². The van der Waals surface area contributed by atoms with Crippen molar-refractivity contribution >= 4 is 17.7 Å². The zero-order chi connectivity index (χ0) is 12.4. The number of nitrogens with zero attached hydrogens (tertiary/aromatic N) is 2. The molecule has 0 spiro atoms. The molecule has 3 rings (SSSR count). The van der Waals surface area contributed by atoms with Crippen molar-refractivity contribution in [3.63, 3.8) is 0 Å². The van der Waals surface area contributed by atoms with E-state index < -0.39 is 0 Å². The van der Waals surface area contributed by atoms with Gasteiger partial charge in [0.25, 0.3) is 5.91 Å². The number of thioether (sulfide) groups is 1. The molecule has 4 heteroatoms. The summed E-state index contributed by atoms with van der Waals surface area (Å²) < 4.78 is 2.01. The fraction of sp³-hybridized carbons (Fsp3) is 0.214. The Morgan fingerprint density at radius 2 is 2.00 bits per heavy atom. The first-order valence-corrected chi connectivity index (χ1v) is 7.10. The minimum absolute atomic E-state index is 0.133. The Balaban J connectivity index is 1.89. The fourth-order valence-corrected chi connectivity index (χ4v) is 3.01. The molecular formula is C14H14N2OS. The number of hydrogen-bond donors (Lipinski definition) is 0. The topological polar surface area (TPSA) is 25.2 Å². The maximum absolute atomic E-state index is 12.3. The number of hydrogen-bond acceptors (Lipinski definition) is 2. The molecule has 1 aliphatic heterocycles. The van der Waals surface area contributed by atoms with Crippen LogP contribution in [0.4, 0.5) is 0 Å². The van der Waals surface area contributed by atoms with Crippen LogP contribution in [-0.4, -0.2) is 33.5 Å². The minimum Gasteiger partial charge on any atom is -0.329 e. The van der Waals surface area contributed by atoms with Crippen molar-refractivity contribution in [2.45, 2.75) is 0 Å². The van der Waals surface area contributed by atoms with Crippen LogP contribution in [0, 0.1) is 0 Å². The molecule has 0 saturated carbocycles. The quantitative estimate of drug-likeness (QED) is 0.827. The lowest BCUT2D eigenvalue weighted by molar-refractivity contribution is 0.0802. The molecule has 0 bridgehead atoms. The lowest BCUT2D eigenvalue weighted by Gasteiger charge is -2.15. The van der Waals surface area contributed by atoms with Crippen LogP contribution in [0.1, 0.15) is 10.4 Å². The average molecular weight is 258 g/mol. The molecule has 0 atom stereocenters. The number of amides is 1. The summed E-state index contributed by atoms with van der Waals surface area (Å²) in [4.78, 5) is 14.2. The first-order chi connectivity index (χ1) is 8.84. The van der Waals surface area contributed by atoms with E-state index >= 15 is 0 Å². The summed E-state index contributed by atoms with van der Waals surface area (Å²) in [5.74, 6) is 1.99. The van der Waals surface area contributed by atoms with Crippen LogP contribution in [0.25, 0.3) is 5.69 Å². The van der Waals surface area contributed by atoms with E-state index in [2.05, 4.69) is 0 Å². The second kappa shape index (κ2) is 4.90. The molecule has 1 fully saturated rings. The molecule has 2 heterocycles. The Kier molecular flexibility index (Phi) is 3.11. The molecule has 1 aliphatic rings. The van der Waals surface area contributed by atoms with Crippen LogP contribution >= 0.6 is 11.8 Å². The molecular weight excluding hydrogens is 244 g/mol. The maximum atomic E-state index is 12.3. The molecule has 0 unspecified atom stereocenters. The maximum Gasteiger partial charge on any atom is 0.254 e. The van der Waals surface area contributed by atoms with Crippen molar-refractivity contribution in [2.75, 3.05) is 18.2 Å². The van der Waals surface area contributed by atoms with E-state index in [0.29, 0.717) is 0 Å². The normalized spacial score (nSPS) is 15.0. The predicted octanol–water partition coefficient (Wildman–Crippen LogP) is 2.62. The van der Waals surface area contributed by atoms with E-state index in [0.717, 1.165) is 29.4 Å². The Labute approximate surface area is 110 Å². The molecule has 1 aromatic carbocycles. The van der Waals surface area contributed by atoms with Crippen LogP contribution in [-0.2, 0) is 0 Å². The van der Waals surface area contributed by atoms with E-state index in [1.54, 1.807) is 0 Å². The van der Waals surface area contributed by atoms with Crippen molar-refractivity contribution in [2.24, 2.45) is 0 Å². The molecule has 2 aromatic rings. The van der Waals surface area contributed by atoms with Gasteiger partial charge in [0.15, 0.2) is 0 Å². The van der Waals surface area contributed by atoms with Gasteiger partial charge >= 0.3 is 0 Å². The summed E-state index contributed by atoms with van der Waals surface area (Å²) in [6.07, 6.45) is 3.96. The van der Waals surface area contributed by atoms with Crippen molar-refractivity contribution in [3.05, 3.63) is 54.4 Å². The zero-order valence-electron chi connectivity index (χ0n) is 9.95. The molecule has 1 amide bonds. The number of carbonyl (C=O) groups is 1. The van der Waals surface area contributed by atoms with Crippen LogP contribution in [0.3, 0.4) is 0 Å². The summed E-state index contributed by atoms with van der Waals surface area (Å²) >= 11 is 1.81. The van der Waals surface area contributed by atoms with E-state index in [-0.39, 0.29) is 5.91 Å². The van der Waals surface area contributed by atoms with Gasteiger partial charge < -0.3 is 9.47 Å². The average Bonchev–Trinajstić information content (AvgIpc) is 3.11. The van der Waals surface area contributed by atoms with Gasteiger partial charge in [-0.1, -0.05) is 6.07 Å². The zero-order valence-corrected chi connectivity index (χ0v) is 10.8. The highest BCUT2D eigenvalue weighted by Gasteiger charge is 2.19. The van der Waals surface area contributed by atoms with Crippen LogP contribution < -0.4 is 0 Å². The van der Waals surface area contributed by atoms with Gasteiger partial charge in [-0.2, -0.15) is 0 Å². The summed E-state index contributed by atoms with van der Waals surface area (Å²) in [5.41, 5.74) is 1.79. The molecule has 1 saturated heterocycles. The molecule has 0 aliphatic carbocycles. The summed E-state index contributed by atoms with van der Waals surface area (Å²) in [6, 6.07) is 11.7. The van der Waals surface area contributed by atoms with Crippen molar-refractivity contribution in [1.29, 1.82) is 0 Å². The molecule has 18 heavy (non-hydrogen) atoms. The van der Waals surface area contributed by atoms with Gasteiger partial charge in [0.2, 0.25) is 0 Å². The largest absolute Gasteiger partial charge is 0.329 e. The van der Waals surface area contributed by atoms with Gasteiger partial charge in [-0.3, -0.25) is 4.79 Å². The van der Waals surface area contributed by atoms with Gasteiger partial charge in [-0.15, -0.1) is 11.8 Å². The number of aromatic nitrogens is 1. The molecule has 92 valence electrons. The third-order valence-corrected chi connectivity index (χ3v) is 4.00. The highest BCUT2D eigenvalue weighted by Crippen LogP contribution is 2.18. The van der Waals surface area contributed by atoms with Crippen molar-refractivity contribution < 1.29 is 4.79 Å². The van der Waals surface area contributed by atoms with E-state index in [1.165, 1.54) is 0 Å². The standard InChI is InChI=1S/C14H14N2OS/c17-14(16-8-9-18-11-16)12-4-3-5-13(10-12)15-6-1-2-7-15/h1-7,10H,8-9,11H2. The Morgan fingerprint density at radius 1 is 1.17 bits per heavy atom. The van der Waals surface area contributed by atoms with Gasteiger partial charge in [0.1, 0.15) is 0 Å². The fourth-order valence-electron chi connectivity index (χ4n) is 2.06. The second-order valence-corrected chi connectivity index (χ2v) is 5.32. The van der Waals surface area contributed by atoms with E-state index in [4.69, 9.17) is 0 Å². The number of carbonyl (C=O) groups excluding carboxylic acids is 1. The van der Waals surface area contributed by atoms with Gasteiger partial charge in [0, 0.05) is 35.9 Å². The number of rotatable bonds is 2. The van der Waals surface area contributed by atoms with Crippen LogP contribution in [0.15, 0.2) is 48.8 Å². The number of benzene rings is 1. The molecule has 3 nitrogen and oxygen atoms in total. The van der Waals surface area contributed by atoms with Crippen molar-refractivity contribution in [3.8, 4) is 5.69 Å². The van der Waals surface area contributed by atoms with Crippen LogP contribution in [0.5, 0.6) is 0 Å². The smallest absolute Gasteiger partial charge is 0.254 e. The first-order valence-electron chi connectivity index (χ1n) is 5.95. The third kappa shape index (κ3) is 2.16. The summed E-state index contributed by atoms with van der Waals surface area (Å²) in [5, 5.41) is 0. The SMILES string of the molecule is O=C(c1cccc(-n2cccc2)c1)N1CCSC1. The van der Waals surface area contributed by atoms with Crippen LogP contribution in [0.2, 0.25) is 0 Å². The van der Waals surface area contributed by atoms with Gasteiger partial charge in [-0.25, -0.2) is 0 Å². The Bertz CT molecular complexity index is 545. The predicted molar refractivity (Wildman–Crippen MR) is 74.1 cm³/mol. The van der Waals surface area contributed by atoms with Gasteiger partial charge in [0.05, 0.1) is 5.88 Å². The Morgan fingerprint density at radius 3 is 2.72 bits per heavy atom. The highest BCUT2D eigenvalue weighted by molar-refractivity contribution is 7.99. The molecule has 0 radical (unpaired) electrons. The van der Waals surface area contributed by atoms with Crippen molar-refractivity contribution in [1.82, 2.24) is 9.47 Å². The summed E-state index contributed by atoms with van der Waals surface area (Å²) in [6.45, 7) is 0.858. The Hall–Kier alpha value is -1.68. The second-order valence-electron chi connectivity index (χ2n) is 4.25. The lowest BCUT2D eigenvalue weighted by Crippen LogP contribution is -2.27. The third-order valence-electron chi connectivity index (χ3n) is 3.04. The van der Waals surface area contributed by atoms with Gasteiger partial charge in [-0.05, 0) is 30.3 Å². The monoisotopic (exact) mass is 258 g/mol. The van der Waals surface area contributed by atoms with E-state index in [1.807, 2.05) is 70.0 Å².